The number of carbonyl (C=O) groups is 1. The highest BCUT2D eigenvalue weighted by Crippen LogP contribution is 2.30. The zero-order chi connectivity index (χ0) is 13.1. The number of benzene rings is 1. The minimum Gasteiger partial charge on any atom is -0.493 e. The molecular weight excluding hydrogens is 236 g/mol. The molecule has 1 aromatic heterocycles. The van der Waals surface area contributed by atoms with E-state index in [2.05, 4.69) is 4.98 Å². The lowest BCUT2D eigenvalue weighted by Gasteiger charge is -2.08. The average Bonchev–Trinajstić information content (AvgIpc) is 2.72. The molecule has 0 bridgehead atoms. The summed E-state index contributed by atoms with van der Waals surface area (Å²) in [7, 11) is 3.19. The number of carboxylic acid groups (broad SMARTS) is 1. The maximum atomic E-state index is 10.8. The summed E-state index contributed by atoms with van der Waals surface area (Å²) in [5.74, 6) is -0.0662. The van der Waals surface area contributed by atoms with Crippen LogP contribution < -0.4 is 9.47 Å². The number of methoxy groups -OCH3 is 1. The fourth-order valence-electron chi connectivity index (χ4n) is 1.45. The predicted molar refractivity (Wildman–Crippen MR) is 63.2 cm³/mol. The van der Waals surface area contributed by atoms with Crippen LogP contribution in [0.25, 0.3) is 0 Å². The first-order valence-corrected chi connectivity index (χ1v) is 5.19. The van der Waals surface area contributed by atoms with Gasteiger partial charge in [-0.3, -0.25) is 0 Å². The molecule has 0 radical (unpaired) electrons. The molecular formula is C12H12N2O4. The smallest absolute Gasteiger partial charge is 0.356 e. The van der Waals surface area contributed by atoms with Crippen molar-refractivity contribution in [1.82, 2.24) is 9.55 Å². The third kappa shape index (κ3) is 2.27. The summed E-state index contributed by atoms with van der Waals surface area (Å²) in [6.07, 6.45) is 1.38. The van der Waals surface area contributed by atoms with Gasteiger partial charge in [-0.2, -0.15) is 4.98 Å². The van der Waals surface area contributed by atoms with Crippen LogP contribution in [0.4, 0.5) is 0 Å². The van der Waals surface area contributed by atoms with Crippen LogP contribution in [0.3, 0.4) is 0 Å². The zero-order valence-electron chi connectivity index (χ0n) is 9.95. The molecule has 2 aromatic rings. The summed E-state index contributed by atoms with van der Waals surface area (Å²) in [5.41, 5.74) is -0.0672. The highest BCUT2D eigenvalue weighted by Gasteiger charge is 2.14. The molecule has 18 heavy (non-hydrogen) atoms. The van der Waals surface area contributed by atoms with Gasteiger partial charge in [-0.25, -0.2) is 4.79 Å². The summed E-state index contributed by atoms with van der Waals surface area (Å²) in [6, 6.07) is 7.26. The van der Waals surface area contributed by atoms with Crippen molar-refractivity contribution >= 4 is 5.97 Å². The predicted octanol–water partition coefficient (Wildman–Crippen LogP) is 1.92. The van der Waals surface area contributed by atoms with Gasteiger partial charge in [0.1, 0.15) is 0 Å². The van der Waals surface area contributed by atoms with E-state index in [9.17, 15) is 4.79 Å². The molecule has 0 fully saturated rings. The Hall–Kier alpha value is -2.50. The third-order valence-corrected chi connectivity index (χ3v) is 2.32. The maximum absolute atomic E-state index is 10.8. The Kier molecular flexibility index (Phi) is 3.18. The van der Waals surface area contributed by atoms with Crippen molar-refractivity contribution in [2.75, 3.05) is 7.11 Å². The molecule has 6 nitrogen and oxygen atoms in total. The van der Waals surface area contributed by atoms with E-state index in [1.807, 2.05) is 6.07 Å². The summed E-state index contributed by atoms with van der Waals surface area (Å²) >= 11 is 0. The fourth-order valence-corrected chi connectivity index (χ4v) is 1.45. The topological polar surface area (TPSA) is 73.6 Å². The van der Waals surface area contributed by atoms with E-state index in [-0.39, 0.29) is 11.7 Å². The van der Waals surface area contributed by atoms with Crippen LogP contribution in [0.5, 0.6) is 17.5 Å². The van der Waals surface area contributed by atoms with E-state index in [1.54, 1.807) is 25.2 Å². The number of ether oxygens (including phenoxy) is 2. The van der Waals surface area contributed by atoms with Crippen LogP contribution in [0.2, 0.25) is 0 Å². The van der Waals surface area contributed by atoms with Crippen molar-refractivity contribution in [3.63, 3.8) is 0 Å². The van der Waals surface area contributed by atoms with Gasteiger partial charge in [0.15, 0.2) is 17.2 Å². The number of aryl methyl sites for hydroxylation is 1. The molecule has 0 saturated heterocycles. The molecule has 0 saturated carbocycles. The quantitative estimate of drug-likeness (QED) is 0.894. The van der Waals surface area contributed by atoms with Crippen LogP contribution >= 0.6 is 0 Å². The highest BCUT2D eigenvalue weighted by molar-refractivity contribution is 5.85. The standard InChI is InChI=1S/C12H12N2O4/c1-14-7-8(11(15)16)13-12(14)18-10-6-4-3-5-9(10)17-2/h3-7H,1-2H3,(H,15,16). The Bertz CT molecular complexity index is 577. The third-order valence-electron chi connectivity index (χ3n) is 2.32. The van der Waals surface area contributed by atoms with Crippen molar-refractivity contribution in [1.29, 1.82) is 0 Å². The molecule has 1 aromatic carbocycles. The highest BCUT2D eigenvalue weighted by atomic mass is 16.5. The Morgan fingerprint density at radius 3 is 2.56 bits per heavy atom. The molecule has 0 aliphatic rings. The molecule has 1 N–H and O–H groups in total. The first kappa shape index (κ1) is 12.0. The first-order chi connectivity index (χ1) is 8.61. The second-order valence-corrected chi connectivity index (χ2v) is 3.58. The van der Waals surface area contributed by atoms with Crippen LogP contribution in [-0.2, 0) is 7.05 Å². The number of aromatic carboxylic acids is 1. The van der Waals surface area contributed by atoms with Gasteiger partial charge in [0, 0.05) is 13.2 Å². The Morgan fingerprint density at radius 1 is 1.33 bits per heavy atom. The number of nitrogens with zero attached hydrogens (tertiary/aromatic N) is 2. The van der Waals surface area contributed by atoms with Gasteiger partial charge in [-0.05, 0) is 12.1 Å². The van der Waals surface area contributed by atoms with Gasteiger partial charge in [0.2, 0.25) is 0 Å². The average molecular weight is 248 g/mol. The summed E-state index contributed by atoms with van der Waals surface area (Å²) in [5, 5.41) is 8.83. The van der Waals surface area contributed by atoms with Gasteiger partial charge in [0.25, 0.3) is 0 Å². The van der Waals surface area contributed by atoms with Gasteiger partial charge >= 0.3 is 12.0 Å². The normalized spacial score (nSPS) is 10.1. The Labute approximate surface area is 103 Å². The zero-order valence-corrected chi connectivity index (χ0v) is 9.95. The molecule has 0 unspecified atom stereocenters. The monoisotopic (exact) mass is 248 g/mol. The summed E-state index contributed by atoms with van der Waals surface area (Å²) in [4.78, 5) is 14.7. The van der Waals surface area contributed by atoms with Crippen molar-refractivity contribution in [2.24, 2.45) is 7.05 Å². The number of aromatic nitrogens is 2. The van der Waals surface area contributed by atoms with Crippen molar-refractivity contribution in [3.05, 3.63) is 36.2 Å². The number of rotatable bonds is 4. The molecule has 94 valence electrons. The van der Waals surface area contributed by atoms with Crippen molar-refractivity contribution in [2.45, 2.75) is 0 Å². The van der Waals surface area contributed by atoms with E-state index in [4.69, 9.17) is 14.6 Å². The second-order valence-electron chi connectivity index (χ2n) is 3.58. The molecule has 6 heteroatoms. The lowest BCUT2D eigenvalue weighted by atomic mass is 10.3. The largest absolute Gasteiger partial charge is 0.493 e. The van der Waals surface area contributed by atoms with Gasteiger partial charge in [-0.1, -0.05) is 12.1 Å². The molecule has 2 rings (SSSR count). The van der Waals surface area contributed by atoms with Crippen molar-refractivity contribution < 1.29 is 19.4 Å². The van der Waals surface area contributed by atoms with Crippen LogP contribution in [0, 0.1) is 0 Å². The molecule has 0 aliphatic heterocycles. The molecule has 0 atom stereocenters. The lowest BCUT2D eigenvalue weighted by molar-refractivity contribution is 0.0690. The van der Waals surface area contributed by atoms with Crippen LogP contribution in [-0.4, -0.2) is 27.7 Å². The second kappa shape index (κ2) is 4.79. The van der Waals surface area contributed by atoms with Crippen LogP contribution in [0.1, 0.15) is 10.5 Å². The van der Waals surface area contributed by atoms with Crippen molar-refractivity contribution in [3.8, 4) is 17.5 Å². The number of hydrogen-bond donors (Lipinski definition) is 1. The van der Waals surface area contributed by atoms with E-state index < -0.39 is 5.97 Å². The number of imidazole rings is 1. The molecule has 0 amide bonds. The molecule has 1 heterocycles. The Balaban J connectivity index is 2.31. The van der Waals surface area contributed by atoms with E-state index in [0.29, 0.717) is 11.5 Å². The first-order valence-electron chi connectivity index (χ1n) is 5.19. The van der Waals surface area contributed by atoms with Gasteiger partial charge in [0.05, 0.1) is 7.11 Å². The van der Waals surface area contributed by atoms with E-state index in [0.717, 1.165) is 0 Å². The minimum atomic E-state index is -1.10. The minimum absolute atomic E-state index is 0.0672. The van der Waals surface area contributed by atoms with Crippen LogP contribution in [0.15, 0.2) is 30.5 Å². The molecule has 0 spiro atoms. The maximum Gasteiger partial charge on any atom is 0.356 e. The van der Waals surface area contributed by atoms with Gasteiger partial charge in [-0.15, -0.1) is 0 Å². The lowest BCUT2D eigenvalue weighted by Crippen LogP contribution is -1.96. The molecule has 0 aliphatic carbocycles. The summed E-state index contributed by atoms with van der Waals surface area (Å²) < 4.78 is 12.2. The number of para-hydroxylation sites is 2. The van der Waals surface area contributed by atoms with E-state index in [1.165, 1.54) is 17.9 Å². The number of hydrogen-bond acceptors (Lipinski definition) is 4. The summed E-state index contributed by atoms with van der Waals surface area (Å²) in [6.45, 7) is 0. The SMILES string of the molecule is COc1ccccc1Oc1nc(C(=O)O)cn1C. The Morgan fingerprint density at radius 2 is 2.00 bits per heavy atom. The van der Waals surface area contributed by atoms with E-state index >= 15 is 0 Å². The fraction of sp³-hybridized carbons (Fsp3) is 0.167. The van der Waals surface area contributed by atoms with Gasteiger partial charge < -0.3 is 19.1 Å². The number of carboxylic acids is 1.